The molecule has 31 heavy (non-hydrogen) atoms. The molecule has 158 valence electrons. The van der Waals surface area contributed by atoms with Crippen LogP contribution >= 0.6 is 11.8 Å². The van der Waals surface area contributed by atoms with Gasteiger partial charge in [0, 0.05) is 43.2 Å². The van der Waals surface area contributed by atoms with E-state index in [1.54, 1.807) is 18.0 Å². The summed E-state index contributed by atoms with van der Waals surface area (Å²) in [6, 6.07) is 19.6. The second-order valence-corrected chi connectivity index (χ2v) is 8.37. The van der Waals surface area contributed by atoms with Crippen molar-refractivity contribution in [2.75, 3.05) is 36.8 Å². The maximum atomic E-state index is 12.7. The molecule has 2 heterocycles. The molecule has 0 bridgehead atoms. The minimum Gasteiger partial charge on any atom is -0.444 e. The van der Waals surface area contributed by atoms with Crippen LogP contribution in [-0.4, -0.2) is 47.7 Å². The van der Waals surface area contributed by atoms with Crippen LogP contribution in [0.5, 0.6) is 0 Å². The molecular formula is C24H24N4O2S. The van der Waals surface area contributed by atoms with E-state index in [9.17, 15) is 4.79 Å². The van der Waals surface area contributed by atoms with E-state index in [2.05, 4.69) is 16.0 Å². The standard InChI is InChI=1S/C24H24N4O2S/c25-15-19-7-9-22(10-8-19)27-11-4-12-28(14-13-27)23(29)18-31-17-21-16-30-24(26-21)20-5-2-1-3-6-20/h1-3,5-10,16H,4,11-14,17-18H2. The Morgan fingerprint density at radius 3 is 2.65 bits per heavy atom. The van der Waals surface area contributed by atoms with Gasteiger partial charge in [-0.3, -0.25) is 4.79 Å². The van der Waals surface area contributed by atoms with Crippen LogP contribution in [0.3, 0.4) is 0 Å². The fourth-order valence-corrected chi connectivity index (χ4v) is 4.39. The van der Waals surface area contributed by atoms with Crippen molar-refractivity contribution in [1.29, 1.82) is 5.26 Å². The summed E-state index contributed by atoms with van der Waals surface area (Å²) in [7, 11) is 0. The van der Waals surface area contributed by atoms with Crippen LogP contribution in [0, 0.1) is 11.3 Å². The molecule has 0 N–H and O–H groups in total. The number of thioether (sulfide) groups is 1. The maximum Gasteiger partial charge on any atom is 0.232 e. The van der Waals surface area contributed by atoms with Crippen molar-refractivity contribution >= 4 is 23.4 Å². The number of oxazole rings is 1. The van der Waals surface area contributed by atoms with E-state index in [4.69, 9.17) is 9.68 Å². The van der Waals surface area contributed by atoms with Gasteiger partial charge in [-0.25, -0.2) is 4.98 Å². The van der Waals surface area contributed by atoms with Crippen LogP contribution < -0.4 is 4.90 Å². The Balaban J connectivity index is 1.25. The van der Waals surface area contributed by atoms with Gasteiger partial charge in [-0.15, -0.1) is 11.8 Å². The molecule has 6 nitrogen and oxygen atoms in total. The van der Waals surface area contributed by atoms with Crippen molar-refractivity contribution in [2.45, 2.75) is 12.2 Å². The number of rotatable bonds is 6. The van der Waals surface area contributed by atoms with E-state index in [0.29, 0.717) is 29.5 Å². The smallest absolute Gasteiger partial charge is 0.232 e. The molecule has 0 atom stereocenters. The molecule has 0 unspecified atom stereocenters. The number of hydrogen-bond donors (Lipinski definition) is 0. The lowest BCUT2D eigenvalue weighted by Gasteiger charge is -2.23. The highest BCUT2D eigenvalue weighted by molar-refractivity contribution is 7.99. The summed E-state index contributed by atoms with van der Waals surface area (Å²) in [6.07, 6.45) is 2.60. The fraction of sp³-hybridized carbons (Fsp3) is 0.292. The molecular weight excluding hydrogens is 408 g/mol. The Hall–Kier alpha value is -3.24. The van der Waals surface area contributed by atoms with Crippen molar-refractivity contribution in [2.24, 2.45) is 0 Å². The van der Waals surface area contributed by atoms with Crippen LogP contribution in [0.15, 0.2) is 65.3 Å². The lowest BCUT2D eigenvalue weighted by Crippen LogP contribution is -2.36. The first-order valence-electron chi connectivity index (χ1n) is 10.3. The molecule has 3 aromatic rings. The molecule has 2 aromatic carbocycles. The molecule has 1 aliphatic heterocycles. The fourth-order valence-electron chi connectivity index (χ4n) is 3.59. The van der Waals surface area contributed by atoms with Crippen LogP contribution in [0.2, 0.25) is 0 Å². The Bertz CT molecular complexity index is 1040. The quantitative estimate of drug-likeness (QED) is 0.582. The van der Waals surface area contributed by atoms with E-state index in [1.165, 1.54) is 0 Å². The number of anilines is 1. The molecule has 1 amide bonds. The zero-order valence-corrected chi connectivity index (χ0v) is 18.1. The predicted octanol–water partition coefficient (Wildman–Crippen LogP) is 4.19. The van der Waals surface area contributed by atoms with Crippen molar-refractivity contribution in [1.82, 2.24) is 9.88 Å². The first-order valence-corrected chi connectivity index (χ1v) is 11.5. The lowest BCUT2D eigenvalue weighted by molar-refractivity contribution is -0.128. The molecule has 0 saturated carbocycles. The highest BCUT2D eigenvalue weighted by Gasteiger charge is 2.19. The van der Waals surface area contributed by atoms with E-state index in [1.807, 2.05) is 59.5 Å². The van der Waals surface area contributed by atoms with Gasteiger partial charge in [0.05, 0.1) is 23.1 Å². The highest BCUT2D eigenvalue weighted by Crippen LogP contribution is 2.21. The average molecular weight is 433 g/mol. The Labute approximate surface area is 186 Å². The van der Waals surface area contributed by atoms with Crippen LogP contribution in [-0.2, 0) is 10.5 Å². The number of benzene rings is 2. The molecule has 0 aliphatic carbocycles. The summed E-state index contributed by atoms with van der Waals surface area (Å²) in [5, 5.41) is 8.96. The molecule has 0 spiro atoms. The zero-order valence-electron chi connectivity index (χ0n) is 17.2. The summed E-state index contributed by atoms with van der Waals surface area (Å²) < 4.78 is 5.57. The van der Waals surface area contributed by atoms with E-state index in [0.717, 1.165) is 43.0 Å². The van der Waals surface area contributed by atoms with Crippen LogP contribution in [0.4, 0.5) is 5.69 Å². The molecule has 7 heteroatoms. The van der Waals surface area contributed by atoms with Crippen molar-refractivity contribution in [3.63, 3.8) is 0 Å². The molecule has 0 radical (unpaired) electrons. The first kappa shape index (κ1) is 21.0. The van der Waals surface area contributed by atoms with E-state index >= 15 is 0 Å². The first-order chi connectivity index (χ1) is 15.2. The molecule has 1 aliphatic rings. The highest BCUT2D eigenvalue weighted by atomic mass is 32.2. The van der Waals surface area contributed by atoms with Crippen molar-refractivity contribution in [3.05, 3.63) is 72.1 Å². The van der Waals surface area contributed by atoms with Gasteiger partial charge in [-0.05, 0) is 42.8 Å². The van der Waals surface area contributed by atoms with Crippen molar-refractivity contribution < 1.29 is 9.21 Å². The van der Waals surface area contributed by atoms with Gasteiger partial charge in [0.2, 0.25) is 11.8 Å². The molecule has 1 saturated heterocycles. The minimum absolute atomic E-state index is 0.165. The van der Waals surface area contributed by atoms with Gasteiger partial charge in [0.1, 0.15) is 6.26 Å². The third-order valence-corrected chi connectivity index (χ3v) is 6.21. The van der Waals surface area contributed by atoms with E-state index in [-0.39, 0.29) is 5.91 Å². The molecule has 1 aromatic heterocycles. The molecule has 4 rings (SSSR count). The van der Waals surface area contributed by atoms with Crippen LogP contribution in [0.1, 0.15) is 17.7 Å². The number of nitriles is 1. The average Bonchev–Trinajstić information content (AvgIpc) is 3.15. The second-order valence-electron chi connectivity index (χ2n) is 7.38. The van der Waals surface area contributed by atoms with Gasteiger partial charge in [-0.1, -0.05) is 18.2 Å². The molecule has 1 fully saturated rings. The zero-order chi connectivity index (χ0) is 21.5. The summed E-state index contributed by atoms with van der Waals surface area (Å²) in [6.45, 7) is 3.19. The number of amides is 1. The summed E-state index contributed by atoms with van der Waals surface area (Å²) >= 11 is 1.57. The third kappa shape index (κ3) is 5.47. The SMILES string of the molecule is N#Cc1ccc(N2CCCN(C(=O)CSCc3coc(-c4ccccc4)n3)CC2)cc1. The second kappa shape index (κ2) is 10.2. The number of carbonyl (C=O) groups is 1. The maximum absolute atomic E-state index is 12.7. The summed E-state index contributed by atoms with van der Waals surface area (Å²) in [5.74, 6) is 1.86. The van der Waals surface area contributed by atoms with Gasteiger partial charge in [0.25, 0.3) is 0 Å². The minimum atomic E-state index is 0.165. The van der Waals surface area contributed by atoms with Crippen LogP contribution in [0.25, 0.3) is 11.5 Å². The lowest BCUT2D eigenvalue weighted by atomic mass is 10.2. The Morgan fingerprint density at radius 2 is 1.87 bits per heavy atom. The summed E-state index contributed by atoms with van der Waals surface area (Å²) in [4.78, 5) is 21.5. The number of carbonyl (C=O) groups excluding carboxylic acids is 1. The van der Waals surface area contributed by atoms with Crippen molar-refractivity contribution in [3.8, 4) is 17.5 Å². The van der Waals surface area contributed by atoms with Gasteiger partial charge < -0.3 is 14.2 Å². The Morgan fingerprint density at radius 1 is 1.06 bits per heavy atom. The van der Waals surface area contributed by atoms with E-state index < -0.39 is 0 Å². The largest absolute Gasteiger partial charge is 0.444 e. The summed E-state index contributed by atoms with van der Waals surface area (Å²) in [5.41, 5.74) is 3.56. The number of nitrogens with zero attached hydrogens (tertiary/aromatic N) is 4. The van der Waals surface area contributed by atoms with Gasteiger partial charge in [-0.2, -0.15) is 5.26 Å². The normalized spacial score (nSPS) is 14.2. The van der Waals surface area contributed by atoms with Gasteiger partial charge in [0.15, 0.2) is 0 Å². The monoisotopic (exact) mass is 432 g/mol. The predicted molar refractivity (Wildman–Crippen MR) is 123 cm³/mol. The number of aromatic nitrogens is 1. The van der Waals surface area contributed by atoms with Gasteiger partial charge >= 0.3 is 0 Å². The topological polar surface area (TPSA) is 73.4 Å². The Kier molecular flexibility index (Phi) is 6.90. The number of hydrogen-bond acceptors (Lipinski definition) is 6. The third-order valence-electron chi connectivity index (χ3n) is 5.26.